The number of fused-ring (bicyclic) bond motifs is 1. The van der Waals surface area contributed by atoms with Gasteiger partial charge in [-0.1, -0.05) is 25.1 Å². The van der Waals surface area contributed by atoms with Crippen molar-refractivity contribution < 1.29 is 37.7 Å². The third kappa shape index (κ3) is 6.48. The molecule has 39 heavy (non-hydrogen) atoms. The molecule has 1 aliphatic rings. The number of imidazole rings is 1. The maximum atomic E-state index is 13.8. The number of aliphatic hydroxyl groups is 1. The van der Waals surface area contributed by atoms with E-state index in [-0.39, 0.29) is 30.3 Å². The number of carbonyl (C=O) groups is 1. The van der Waals surface area contributed by atoms with Gasteiger partial charge in [0, 0.05) is 5.92 Å². The fourth-order valence-electron chi connectivity index (χ4n) is 4.09. The number of carbonyl (C=O) groups excluding carboxylic acids is 1. The molecule has 14 nitrogen and oxygen atoms in total. The molecule has 0 aliphatic carbocycles. The number of benzene rings is 1. The highest BCUT2D eigenvalue weighted by Gasteiger charge is 2.44. The molecule has 0 radical (unpaired) electrons. The SMILES string of the molecule is COc1nc(N)nc2c1ncn2[C@@H]1OC(COP(=O)(N[C@@H](C)C(=O)OC(C)C)Oc2ccccc2)[C@@H](O)C1C. The Kier molecular flexibility index (Phi) is 8.72. The average molecular weight is 565 g/mol. The van der Waals surface area contributed by atoms with Crippen molar-refractivity contribution in [2.24, 2.45) is 5.92 Å². The Morgan fingerprint density at radius 1 is 1.26 bits per heavy atom. The molecule has 3 aromatic rings. The third-order valence-electron chi connectivity index (χ3n) is 5.99. The Labute approximate surface area is 225 Å². The van der Waals surface area contributed by atoms with Crippen LogP contribution in [0.25, 0.3) is 11.2 Å². The van der Waals surface area contributed by atoms with Crippen LogP contribution in [0.15, 0.2) is 36.7 Å². The number of aromatic nitrogens is 4. The fraction of sp³-hybridized carbons (Fsp3) is 0.500. The van der Waals surface area contributed by atoms with Crippen LogP contribution < -0.4 is 20.1 Å². The number of anilines is 1. The predicted octanol–water partition coefficient (Wildman–Crippen LogP) is 2.44. The second-order valence-electron chi connectivity index (χ2n) is 9.36. The molecule has 0 bridgehead atoms. The van der Waals surface area contributed by atoms with Crippen LogP contribution in [-0.2, 0) is 23.4 Å². The van der Waals surface area contributed by atoms with Gasteiger partial charge in [-0.2, -0.15) is 15.1 Å². The molecule has 1 fully saturated rings. The largest absolute Gasteiger partial charge is 0.479 e. The summed E-state index contributed by atoms with van der Waals surface area (Å²) in [7, 11) is -2.70. The topological polar surface area (TPSA) is 182 Å². The van der Waals surface area contributed by atoms with Gasteiger partial charge in [0.15, 0.2) is 11.2 Å². The fourth-order valence-corrected chi connectivity index (χ4v) is 5.59. The Morgan fingerprint density at radius 2 is 1.97 bits per heavy atom. The van der Waals surface area contributed by atoms with Gasteiger partial charge < -0.3 is 29.6 Å². The van der Waals surface area contributed by atoms with E-state index < -0.39 is 44.1 Å². The molecular weight excluding hydrogens is 531 g/mol. The average Bonchev–Trinajstić information content (AvgIpc) is 3.42. The molecule has 2 aromatic heterocycles. The van der Waals surface area contributed by atoms with Gasteiger partial charge in [0.05, 0.1) is 32.3 Å². The highest BCUT2D eigenvalue weighted by Crippen LogP contribution is 2.46. The number of para-hydroxylation sites is 1. The molecule has 4 N–H and O–H groups in total. The van der Waals surface area contributed by atoms with Gasteiger partial charge in [0.2, 0.25) is 11.8 Å². The summed E-state index contributed by atoms with van der Waals surface area (Å²) in [6.45, 7) is 6.36. The molecule has 3 heterocycles. The second-order valence-corrected chi connectivity index (χ2v) is 11.1. The maximum absolute atomic E-state index is 13.8. The Balaban J connectivity index is 1.52. The van der Waals surface area contributed by atoms with E-state index >= 15 is 0 Å². The van der Waals surface area contributed by atoms with Crippen LogP contribution in [0.1, 0.15) is 33.9 Å². The molecule has 3 unspecified atom stereocenters. The van der Waals surface area contributed by atoms with Crippen molar-refractivity contribution in [3.63, 3.8) is 0 Å². The number of hydrogen-bond acceptors (Lipinski definition) is 12. The first-order valence-corrected chi connectivity index (χ1v) is 13.9. The van der Waals surface area contributed by atoms with Crippen molar-refractivity contribution in [2.75, 3.05) is 19.5 Å². The van der Waals surface area contributed by atoms with Crippen molar-refractivity contribution in [3.8, 4) is 11.6 Å². The lowest BCUT2D eigenvalue weighted by Gasteiger charge is -2.25. The van der Waals surface area contributed by atoms with Gasteiger partial charge in [0.25, 0.3) is 0 Å². The van der Waals surface area contributed by atoms with Crippen LogP contribution in [0.2, 0.25) is 0 Å². The lowest BCUT2D eigenvalue weighted by atomic mass is 10.0. The lowest BCUT2D eigenvalue weighted by Crippen LogP contribution is -2.37. The maximum Gasteiger partial charge on any atom is 0.459 e. The number of hydrogen-bond donors (Lipinski definition) is 3. The molecular formula is C24H33N6O8P. The zero-order valence-electron chi connectivity index (χ0n) is 22.3. The molecule has 0 spiro atoms. The third-order valence-corrected chi connectivity index (χ3v) is 7.64. The first-order chi connectivity index (χ1) is 18.5. The molecule has 212 valence electrons. The summed E-state index contributed by atoms with van der Waals surface area (Å²) in [6, 6.07) is 7.35. The van der Waals surface area contributed by atoms with E-state index in [0.717, 1.165) is 0 Å². The van der Waals surface area contributed by atoms with Crippen LogP contribution in [0.5, 0.6) is 11.6 Å². The van der Waals surface area contributed by atoms with Crippen LogP contribution in [-0.4, -0.2) is 68.7 Å². The summed E-state index contributed by atoms with van der Waals surface area (Å²) in [5.41, 5.74) is 6.57. The Hall–Kier alpha value is -3.29. The van der Waals surface area contributed by atoms with E-state index in [0.29, 0.717) is 11.2 Å². The van der Waals surface area contributed by atoms with Crippen LogP contribution in [0.4, 0.5) is 5.95 Å². The first kappa shape index (κ1) is 28.7. The number of aliphatic hydroxyl groups excluding tert-OH is 1. The monoisotopic (exact) mass is 564 g/mol. The number of rotatable bonds is 11. The molecule has 1 saturated heterocycles. The summed E-state index contributed by atoms with van der Waals surface area (Å²) in [5, 5.41) is 13.6. The number of nitrogen functional groups attached to an aromatic ring is 1. The zero-order valence-corrected chi connectivity index (χ0v) is 23.1. The van der Waals surface area contributed by atoms with Gasteiger partial charge in [-0.25, -0.2) is 9.55 Å². The van der Waals surface area contributed by atoms with Gasteiger partial charge in [-0.3, -0.25) is 13.9 Å². The van der Waals surface area contributed by atoms with Gasteiger partial charge in [-0.05, 0) is 32.9 Å². The Bertz CT molecular complexity index is 1340. The second kappa shape index (κ2) is 11.8. The van der Waals surface area contributed by atoms with E-state index in [1.165, 1.54) is 20.4 Å². The summed E-state index contributed by atoms with van der Waals surface area (Å²) in [4.78, 5) is 25.0. The van der Waals surface area contributed by atoms with Crippen LogP contribution in [0, 0.1) is 5.92 Å². The Morgan fingerprint density at radius 3 is 2.64 bits per heavy atom. The minimum absolute atomic E-state index is 0.0117. The summed E-state index contributed by atoms with van der Waals surface area (Å²) >= 11 is 0. The first-order valence-electron chi connectivity index (χ1n) is 12.4. The van der Waals surface area contributed by atoms with Crippen molar-refractivity contribution in [1.82, 2.24) is 24.6 Å². The molecule has 6 atom stereocenters. The minimum Gasteiger partial charge on any atom is -0.479 e. The minimum atomic E-state index is -4.14. The van der Waals surface area contributed by atoms with Crippen LogP contribution in [0.3, 0.4) is 0 Å². The zero-order chi connectivity index (χ0) is 28.3. The standard InChI is InChI=1S/C24H33N6O8P/c1-13(2)36-23(32)15(4)29-39(33,38-16-9-7-6-8-10-16)35-11-17-19(31)14(3)22(37-17)30-12-26-18-20(30)27-24(25)28-21(18)34-5/h6-10,12-15,17,19,22,31H,11H2,1-5H3,(H,29,33)(H2,25,27,28)/t14?,15-,17?,19-,22+,39?/m0/s1. The molecule has 0 saturated carbocycles. The van der Waals surface area contributed by atoms with Crippen molar-refractivity contribution >= 4 is 30.8 Å². The van der Waals surface area contributed by atoms with Crippen molar-refractivity contribution in [2.45, 2.75) is 58.3 Å². The quantitative estimate of drug-likeness (QED) is 0.228. The van der Waals surface area contributed by atoms with E-state index in [4.69, 9.17) is 29.0 Å². The van der Waals surface area contributed by atoms with E-state index in [1.807, 2.05) is 0 Å². The summed E-state index contributed by atoms with van der Waals surface area (Å²) in [5.74, 6) is -0.617. The van der Waals surface area contributed by atoms with Crippen molar-refractivity contribution in [1.29, 1.82) is 0 Å². The van der Waals surface area contributed by atoms with Gasteiger partial charge >= 0.3 is 13.7 Å². The molecule has 15 heteroatoms. The molecule has 4 rings (SSSR count). The highest BCUT2D eigenvalue weighted by atomic mass is 31.2. The number of nitrogens with zero attached hydrogens (tertiary/aromatic N) is 4. The van der Waals surface area contributed by atoms with Gasteiger partial charge in [-0.15, -0.1) is 0 Å². The predicted molar refractivity (Wildman–Crippen MR) is 140 cm³/mol. The van der Waals surface area contributed by atoms with Crippen LogP contribution >= 0.6 is 7.75 Å². The number of esters is 1. The van der Waals surface area contributed by atoms with E-state index in [2.05, 4.69) is 20.0 Å². The lowest BCUT2D eigenvalue weighted by molar-refractivity contribution is -0.149. The summed E-state index contributed by atoms with van der Waals surface area (Å²) in [6.07, 6.45) is -1.50. The van der Waals surface area contributed by atoms with E-state index in [9.17, 15) is 14.5 Å². The molecule has 1 aromatic carbocycles. The number of ether oxygens (including phenoxy) is 3. The van der Waals surface area contributed by atoms with Crippen molar-refractivity contribution in [3.05, 3.63) is 36.7 Å². The van der Waals surface area contributed by atoms with E-state index in [1.54, 1.807) is 55.7 Å². The molecule has 0 amide bonds. The number of nitrogens with one attached hydrogen (secondary N) is 1. The van der Waals surface area contributed by atoms with Gasteiger partial charge in [0.1, 0.15) is 24.1 Å². The smallest absolute Gasteiger partial charge is 0.459 e. The molecule has 1 aliphatic heterocycles. The summed E-state index contributed by atoms with van der Waals surface area (Å²) < 4.78 is 43.3. The highest BCUT2D eigenvalue weighted by molar-refractivity contribution is 7.52. The number of methoxy groups -OCH3 is 1. The number of nitrogens with two attached hydrogens (primary N) is 1. The normalized spacial score (nSPS) is 23.5.